The number of phenols is 3. The Labute approximate surface area is 490 Å². The van der Waals surface area contributed by atoms with E-state index in [1.165, 1.54) is 12.1 Å². The molecule has 86 heavy (non-hydrogen) atoms. The van der Waals surface area contributed by atoms with Crippen LogP contribution < -0.4 is 25.2 Å². The number of nitrogen functional groups attached to an aromatic ring is 1. The lowest BCUT2D eigenvalue weighted by atomic mass is 10.1. The second-order valence-electron chi connectivity index (χ2n) is 19.2. The Balaban J connectivity index is 0.996. The molecule has 0 saturated carbocycles. The van der Waals surface area contributed by atoms with Gasteiger partial charge in [-0.25, -0.2) is 0 Å². The van der Waals surface area contributed by atoms with E-state index in [1.807, 2.05) is 94.7 Å². The zero-order valence-corrected chi connectivity index (χ0v) is 45.6. The number of nitrogens with zero attached hydrogens (tertiary/aromatic N) is 19. The van der Waals surface area contributed by atoms with Gasteiger partial charge in [-0.1, -0.05) is 84.9 Å². The van der Waals surface area contributed by atoms with Gasteiger partial charge in [-0.2, -0.15) is 29.9 Å². The number of benzene rings is 4. The molecule has 1 atom stereocenters. The molecule has 24 nitrogen and oxygen atoms in total. The quantitative estimate of drug-likeness (QED) is 0.0384. The third-order valence-corrected chi connectivity index (χ3v) is 13.3. The smallest absolute Gasteiger partial charge is 0.275 e. The molecule has 5 N–H and O–H groups in total. The number of aromatic hydroxyl groups is 3. The maximum absolute atomic E-state index is 11.9. The molecule has 422 valence electrons. The van der Waals surface area contributed by atoms with Crippen LogP contribution >= 0.6 is 0 Å². The molecule has 0 amide bonds. The predicted octanol–water partition coefficient (Wildman–Crippen LogP) is 11.5. The SMILES string of the molecule is Nc1nc(/N=N/c2c(O)cc(O)c3ccccc23)nc(N(Cc2ccccn2)C(Oc2cc(O)c3ccccc3c2/N=N/c2nc(N(Cc3ccccn3)Cc3ccccn3)nc(N(Cc3ccccn3)Cc3ccccn3)n2)c2ccccn2)n1. The van der Waals surface area contributed by atoms with Crippen LogP contribution in [0.25, 0.3) is 21.5 Å². The summed E-state index contributed by atoms with van der Waals surface area (Å²) in [6, 6.07) is 50.1. The maximum Gasteiger partial charge on any atom is 0.275 e. The molecule has 8 heterocycles. The molecule has 12 rings (SSSR count). The van der Waals surface area contributed by atoms with Crippen LogP contribution in [0.15, 0.2) is 227 Å². The van der Waals surface area contributed by atoms with E-state index < -0.39 is 6.23 Å². The van der Waals surface area contributed by atoms with Gasteiger partial charge in [-0.15, -0.1) is 20.5 Å². The number of hydrogen-bond acceptors (Lipinski definition) is 24. The third kappa shape index (κ3) is 12.8. The molecule has 0 aliphatic heterocycles. The Morgan fingerprint density at radius 1 is 0.384 bits per heavy atom. The number of rotatable bonds is 21. The minimum atomic E-state index is -1.25. The van der Waals surface area contributed by atoms with Crippen LogP contribution in [0.5, 0.6) is 23.0 Å². The summed E-state index contributed by atoms with van der Waals surface area (Å²) >= 11 is 0. The number of anilines is 4. The van der Waals surface area contributed by atoms with Crippen LogP contribution in [0.1, 0.15) is 40.4 Å². The van der Waals surface area contributed by atoms with E-state index in [-0.39, 0.29) is 103 Å². The summed E-state index contributed by atoms with van der Waals surface area (Å²) in [5.74, 6) is -0.686. The van der Waals surface area contributed by atoms with Crippen molar-refractivity contribution in [3.63, 3.8) is 0 Å². The first-order chi connectivity index (χ1) is 42.2. The van der Waals surface area contributed by atoms with E-state index in [2.05, 4.69) is 45.1 Å². The highest BCUT2D eigenvalue weighted by molar-refractivity contribution is 6.00. The molecule has 8 aromatic heterocycles. The Kier molecular flexibility index (Phi) is 16.1. The van der Waals surface area contributed by atoms with Gasteiger partial charge in [0.1, 0.15) is 34.3 Å². The molecule has 1 unspecified atom stereocenters. The number of phenolic OH excluding ortho intramolecular Hbond substituents is 3. The molecular formula is C62H50N20O4. The van der Waals surface area contributed by atoms with Crippen molar-refractivity contribution < 1.29 is 20.1 Å². The number of nitrogens with two attached hydrogens (primary N) is 1. The summed E-state index contributed by atoms with van der Waals surface area (Å²) < 4.78 is 7.14. The molecule has 0 bridgehead atoms. The number of fused-ring (bicyclic) bond motifs is 2. The molecule has 0 aliphatic carbocycles. The van der Waals surface area contributed by atoms with E-state index >= 15 is 0 Å². The van der Waals surface area contributed by atoms with E-state index in [0.717, 1.165) is 22.8 Å². The fourth-order valence-electron chi connectivity index (χ4n) is 9.34. The Bertz CT molecular complexity index is 4150. The minimum absolute atomic E-state index is 0.0145. The molecule has 0 aliphatic rings. The van der Waals surface area contributed by atoms with Crippen molar-refractivity contribution in [3.05, 3.63) is 241 Å². The minimum Gasteiger partial charge on any atom is -0.507 e. The van der Waals surface area contributed by atoms with E-state index in [9.17, 15) is 15.3 Å². The zero-order valence-electron chi connectivity index (χ0n) is 45.6. The summed E-state index contributed by atoms with van der Waals surface area (Å²) in [4.78, 5) is 62.3. The monoisotopic (exact) mass is 1140 g/mol. The Hall–Kier alpha value is -12.1. The molecule has 24 heteroatoms. The van der Waals surface area contributed by atoms with Crippen molar-refractivity contribution in [2.45, 2.75) is 39.0 Å². The van der Waals surface area contributed by atoms with Gasteiger partial charge in [0, 0.05) is 70.9 Å². The number of hydrogen-bond donors (Lipinski definition) is 4. The van der Waals surface area contributed by atoms with Gasteiger partial charge in [-0.05, 0) is 72.8 Å². The standard InChI is InChI=1S/C62H50N20O4/c63-57-70-58(78-76-54-47-24-3-1-22-45(47)50(83)33-52(54)85)74-62(71-57)82(39-44-21-9-15-31-68-44)56(49-26-10-16-32-69-49)86-53-34-51(84)46-23-2-4-25-48(46)55(53)77-79-59-72-60(80(35-40-17-5-11-27-64-40)36-41-18-6-12-28-65-41)75-61(73-59)81(37-42-19-7-13-29-66-42)38-43-20-8-14-30-67-43/h1-34,56,83-85H,35-39H2,(H2,63,70,71,74)/b78-76+,79-77+. The topological polar surface area (TPSA) is 310 Å². The van der Waals surface area contributed by atoms with Crippen LogP contribution in [-0.2, 0) is 32.7 Å². The van der Waals surface area contributed by atoms with Crippen molar-refractivity contribution in [2.75, 3.05) is 20.4 Å². The highest BCUT2D eigenvalue weighted by Crippen LogP contribution is 2.45. The van der Waals surface area contributed by atoms with Crippen LogP contribution in [0.3, 0.4) is 0 Å². The van der Waals surface area contributed by atoms with Crippen LogP contribution in [0, 0.1) is 0 Å². The molecular weight excluding hydrogens is 1090 g/mol. The van der Waals surface area contributed by atoms with E-state index in [0.29, 0.717) is 32.9 Å². The summed E-state index contributed by atoms with van der Waals surface area (Å²) in [6.45, 7) is 1.09. The number of pyridine rings is 6. The number of ether oxygens (including phenoxy) is 1. The summed E-state index contributed by atoms with van der Waals surface area (Å²) in [5.41, 5.74) is 10.6. The molecule has 0 spiro atoms. The maximum atomic E-state index is 11.9. The first-order valence-corrected chi connectivity index (χ1v) is 26.9. The summed E-state index contributed by atoms with van der Waals surface area (Å²) in [7, 11) is 0. The average Bonchev–Trinajstić information content (AvgIpc) is 1.61. The molecule has 0 radical (unpaired) electrons. The second-order valence-corrected chi connectivity index (χ2v) is 19.2. The van der Waals surface area contributed by atoms with Crippen LogP contribution in [-0.4, -0.2) is 75.1 Å². The van der Waals surface area contributed by atoms with Gasteiger partial charge in [0.2, 0.25) is 30.0 Å². The van der Waals surface area contributed by atoms with Gasteiger partial charge in [0.15, 0.2) is 5.75 Å². The summed E-state index contributed by atoms with van der Waals surface area (Å²) in [5, 5.41) is 53.6. The van der Waals surface area contributed by atoms with Gasteiger partial charge >= 0.3 is 0 Å². The van der Waals surface area contributed by atoms with E-state index in [1.54, 1.807) is 115 Å². The Morgan fingerprint density at radius 3 is 1.27 bits per heavy atom. The molecule has 12 aromatic rings. The van der Waals surface area contributed by atoms with Crippen LogP contribution in [0.2, 0.25) is 0 Å². The van der Waals surface area contributed by atoms with Gasteiger partial charge in [0.05, 0.1) is 61.2 Å². The average molecular weight is 1140 g/mol. The van der Waals surface area contributed by atoms with Gasteiger partial charge < -0.3 is 35.6 Å². The van der Waals surface area contributed by atoms with Crippen molar-refractivity contribution in [1.82, 2.24) is 59.8 Å². The first-order valence-electron chi connectivity index (χ1n) is 26.9. The lowest BCUT2D eigenvalue weighted by molar-refractivity contribution is 0.190. The molecule has 4 aromatic carbocycles. The fraction of sp³-hybridized carbons (Fsp3) is 0.0968. The third-order valence-electron chi connectivity index (χ3n) is 13.3. The van der Waals surface area contributed by atoms with Crippen molar-refractivity contribution >= 4 is 68.6 Å². The largest absolute Gasteiger partial charge is 0.507 e. The zero-order chi connectivity index (χ0) is 58.6. The van der Waals surface area contributed by atoms with Crippen molar-refractivity contribution in [2.24, 2.45) is 20.5 Å². The summed E-state index contributed by atoms with van der Waals surface area (Å²) in [6.07, 6.45) is 8.90. The first kappa shape index (κ1) is 54.5. The lowest BCUT2D eigenvalue weighted by Gasteiger charge is -2.32. The Morgan fingerprint density at radius 2 is 0.791 bits per heavy atom. The highest BCUT2D eigenvalue weighted by atomic mass is 16.5. The highest BCUT2D eigenvalue weighted by Gasteiger charge is 2.31. The van der Waals surface area contributed by atoms with Gasteiger partial charge in [-0.3, -0.25) is 34.8 Å². The van der Waals surface area contributed by atoms with Crippen molar-refractivity contribution in [3.8, 4) is 23.0 Å². The molecule has 0 saturated heterocycles. The van der Waals surface area contributed by atoms with Crippen LogP contribution in [0.4, 0.5) is 47.1 Å². The van der Waals surface area contributed by atoms with Crippen molar-refractivity contribution in [1.29, 1.82) is 0 Å². The van der Waals surface area contributed by atoms with Gasteiger partial charge in [0.25, 0.3) is 11.9 Å². The predicted molar refractivity (Wildman–Crippen MR) is 320 cm³/mol. The number of aromatic nitrogens is 12. The second kappa shape index (κ2) is 25.4. The lowest BCUT2D eigenvalue weighted by Crippen LogP contribution is -2.34. The molecule has 0 fully saturated rings. The fourth-order valence-corrected chi connectivity index (χ4v) is 9.34. The normalized spacial score (nSPS) is 11.8. The number of azo groups is 2. The van der Waals surface area contributed by atoms with E-state index in [4.69, 9.17) is 45.6 Å².